The molecule has 2 aromatic carbocycles. The van der Waals surface area contributed by atoms with Crippen molar-refractivity contribution < 1.29 is 17.9 Å². The highest BCUT2D eigenvalue weighted by atomic mass is 35.5. The molecule has 0 atom stereocenters. The maximum Gasteiger partial charge on any atom is 0.261 e. The second-order valence-electron chi connectivity index (χ2n) is 7.12. The van der Waals surface area contributed by atoms with Crippen molar-refractivity contribution >= 4 is 38.9 Å². The number of hydrogen-bond donors (Lipinski definition) is 1. The zero-order chi connectivity index (χ0) is 20.5. The molecule has 1 aliphatic heterocycles. The normalized spacial score (nSPS) is 16.0. The van der Waals surface area contributed by atoms with Crippen LogP contribution in [0, 0.1) is 5.41 Å². The molecule has 0 spiro atoms. The van der Waals surface area contributed by atoms with E-state index in [-0.39, 0.29) is 24.0 Å². The monoisotopic (exact) mass is 420 g/mol. The lowest BCUT2D eigenvalue weighted by Gasteiger charge is -2.27. The Morgan fingerprint density at radius 1 is 1.29 bits per heavy atom. The van der Waals surface area contributed by atoms with E-state index in [9.17, 15) is 13.2 Å². The molecule has 1 aliphatic rings. The molecule has 0 aromatic heterocycles. The third kappa shape index (κ3) is 4.00. The minimum atomic E-state index is -3.84. The van der Waals surface area contributed by atoms with E-state index in [1.54, 1.807) is 55.2 Å². The van der Waals surface area contributed by atoms with Crippen molar-refractivity contribution in [2.75, 3.05) is 22.8 Å². The number of sulfonamides is 1. The molecular formula is C20H21ClN2O4S. The zero-order valence-electron chi connectivity index (χ0n) is 15.6. The summed E-state index contributed by atoms with van der Waals surface area (Å²) in [7, 11) is -3.84. The molecule has 28 heavy (non-hydrogen) atoms. The number of nitrogens with one attached hydrogen (secondary N) is 1. The summed E-state index contributed by atoms with van der Waals surface area (Å²) in [6.45, 7) is 7.83. The number of carbonyl (C=O) groups is 1. The van der Waals surface area contributed by atoms with E-state index in [1.807, 2.05) is 0 Å². The van der Waals surface area contributed by atoms with Crippen molar-refractivity contribution in [1.29, 1.82) is 0 Å². The Hall–Kier alpha value is -2.51. The molecule has 3 rings (SSSR count). The topological polar surface area (TPSA) is 75.7 Å². The third-order valence-corrected chi connectivity index (χ3v) is 5.95. The second kappa shape index (κ2) is 7.48. The number of hydrogen-bond acceptors (Lipinski definition) is 4. The Bertz CT molecular complexity index is 1030. The Labute approximate surface area is 169 Å². The first-order valence-corrected chi connectivity index (χ1v) is 10.5. The Balaban J connectivity index is 2.00. The van der Waals surface area contributed by atoms with Crippen LogP contribution in [-0.4, -0.2) is 27.5 Å². The largest absolute Gasteiger partial charge is 0.490 e. The van der Waals surface area contributed by atoms with Crippen molar-refractivity contribution in [2.45, 2.75) is 18.7 Å². The molecule has 8 heteroatoms. The Morgan fingerprint density at radius 3 is 2.71 bits per heavy atom. The van der Waals surface area contributed by atoms with E-state index in [0.717, 1.165) is 0 Å². The van der Waals surface area contributed by atoms with Crippen LogP contribution in [0.3, 0.4) is 0 Å². The van der Waals surface area contributed by atoms with Crippen LogP contribution in [0.15, 0.2) is 60.0 Å². The van der Waals surface area contributed by atoms with E-state index < -0.39 is 15.4 Å². The molecule has 1 heterocycles. The van der Waals surface area contributed by atoms with Crippen LogP contribution in [0.25, 0.3) is 0 Å². The summed E-state index contributed by atoms with van der Waals surface area (Å²) in [5, 5.41) is 0.322. The van der Waals surface area contributed by atoms with Crippen LogP contribution in [0.2, 0.25) is 5.02 Å². The fourth-order valence-corrected chi connectivity index (χ4v) is 4.22. The van der Waals surface area contributed by atoms with Gasteiger partial charge in [-0.15, -0.1) is 6.58 Å². The molecule has 1 amide bonds. The summed E-state index contributed by atoms with van der Waals surface area (Å²) >= 11 is 5.90. The molecule has 0 aliphatic carbocycles. The molecule has 148 valence electrons. The minimum absolute atomic E-state index is 0.0475. The summed E-state index contributed by atoms with van der Waals surface area (Å²) in [4.78, 5) is 14.5. The average molecular weight is 421 g/mol. The highest BCUT2D eigenvalue weighted by molar-refractivity contribution is 7.92. The summed E-state index contributed by atoms with van der Waals surface area (Å²) < 4.78 is 33.7. The molecule has 0 fully saturated rings. The van der Waals surface area contributed by atoms with E-state index in [1.165, 1.54) is 12.1 Å². The predicted molar refractivity (Wildman–Crippen MR) is 111 cm³/mol. The summed E-state index contributed by atoms with van der Waals surface area (Å²) in [6, 6.07) is 10.8. The number of benzene rings is 2. The lowest BCUT2D eigenvalue weighted by molar-refractivity contribution is -0.127. The highest BCUT2D eigenvalue weighted by Gasteiger charge is 2.37. The van der Waals surface area contributed by atoms with Crippen LogP contribution in [-0.2, 0) is 14.8 Å². The maximum atomic E-state index is 12.9. The number of rotatable bonds is 5. The van der Waals surface area contributed by atoms with Crippen molar-refractivity contribution in [1.82, 2.24) is 0 Å². The van der Waals surface area contributed by atoms with Gasteiger partial charge in [0.2, 0.25) is 5.91 Å². The molecule has 0 saturated heterocycles. The quantitative estimate of drug-likeness (QED) is 0.739. The summed E-state index contributed by atoms with van der Waals surface area (Å²) in [5.74, 6) is 0.382. The minimum Gasteiger partial charge on any atom is -0.490 e. The number of anilines is 2. The van der Waals surface area contributed by atoms with Gasteiger partial charge in [0.05, 0.1) is 21.7 Å². The van der Waals surface area contributed by atoms with Gasteiger partial charge in [-0.25, -0.2) is 8.42 Å². The van der Waals surface area contributed by atoms with Gasteiger partial charge < -0.3 is 9.64 Å². The van der Waals surface area contributed by atoms with Gasteiger partial charge in [-0.2, -0.15) is 0 Å². The van der Waals surface area contributed by atoms with Gasteiger partial charge in [0.25, 0.3) is 10.0 Å². The first kappa shape index (κ1) is 20.2. The van der Waals surface area contributed by atoms with Gasteiger partial charge in [0, 0.05) is 11.6 Å². The van der Waals surface area contributed by atoms with Gasteiger partial charge in [-0.3, -0.25) is 9.52 Å². The first-order chi connectivity index (χ1) is 13.1. The lowest BCUT2D eigenvalue weighted by Crippen LogP contribution is -2.42. The predicted octanol–water partition coefficient (Wildman–Crippen LogP) is 4.08. The molecule has 1 N–H and O–H groups in total. The Morgan fingerprint density at radius 2 is 2.04 bits per heavy atom. The van der Waals surface area contributed by atoms with E-state index >= 15 is 0 Å². The van der Waals surface area contributed by atoms with E-state index in [2.05, 4.69) is 11.3 Å². The van der Waals surface area contributed by atoms with Gasteiger partial charge >= 0.3 is 0 Å². The first-order valence-electron chi connectivity index (χ1n) is 8.62. The number of carbonyl (C=O) groups excluding carboxylic acids is 1. The number of nitrogens with zero attached hydrogens (tertiary/aromatic N) is 1. The van der Waals surface area contributed by atoms with Crippen molar-refractivity contribution in [3.63, 3.8) is 0 Å². The zero-order valence-corrected chi connectivity index (χ0v) is 17.2. The molecular weight excluding hydrogens is 400 g/mol. The number of fused-ring (bicyclic) bond motifs is 1. The van der Waals surface area contributed by atoms with Crippen LogP contribution in [0.5, 0.6) is 5.75 Å². The standard InChI is InChI=1S/C20H21ClN2O4S/c1-4-10-23-17-12-15(8-9-18(17)27-13-20(2,3)19(23)24)22-28(25,26)16-7-5-6-14(21)11-16/h4-9,11-12,22H,1,10,13H2,2-3H3. The van der Waals surface area contributed by atoms with Crippen LogP contribution in [0.4, 0.5) is 11.4 Å². The highest BCUT2D eigenvalue weighted by Crippen LogP contribution is 2.38. The van der Waals surface area contributed by atoms with Gasteiger partial charge in [-0.05, 0) is 50.2 Å². The van der Waals surface area contributed by atoms with Crippen LogP contribution < -0.4 is 14.4 Å². The molecule has 2 aromatic rings. The van der Waals surface area contributed by atoms with E-state index in [4.69, 9.17) is 16.3 Å². The van der Waals surface area contributed by atoms with Crippen molar-refractivity contribution in [3.8, 4) is 5.75 Å². The Kier molecular flexibility index (Phi) is 5.41. The molecule has 0 unspecified atom stereocenters. The fourth-order valence-electron chi connectivity index (χ4n) is 2.87. The van der Waals surface area contributed by atoms with Crippen LogP contribution in [0.1, 0.15) is 13.8 Å². The molecule has 0 saturated carbocycles. The third-order valence-electron chi connectivity index (χ3n) is 4.33. The number of amides is 1. The maximum absolute atomic E-state index is 12.9. The van der Waals surface area contributed by atoms with Crippen molar-refractivity contribution in [2.24, 2.45) is 5.41 Å². The number of halogens is 1. The van der Waals surface area contributed by atoms with Gasteiger partial charge in [0.1, 0.15) is 12.4 Å². The smallest absolute Gasteiger partial charge is 0.261 e. The van der Waals surface area contributed by atoms with E-state index in [0.29, 0.717) is 22.1 Å². The average Bonchev–Trinajstić information content (AvgIpc) is 2.72. The van der Waals surface area contributed by atoms with Gasteiger partial charge in [-0.1, -0.05) is 23.7 Å². The number of ether oxygens (including phenoxy) is 1. The van der Waals surface area contributed by atoms with Gasteiger partial charge in [0.15, 0.2) is 0 Å². The lowest BCUT2D eigenvalue weighted by atomic mass is 9.93. The van der Waals surface area contributed by atoms with Crippen molar-refractivity contribution in [3.05, 3.63) is 60.1 Å². The fraction of sp³-hybridized carbons (Fsp3) is 0.250. The molecule has 0 bridgehead atoms. The molecule has 6 nitrogen and oxygen atoms in total. The summed E-state index contributed by atoms with van der Waals surface area (Å²) in [5.41, 5.74) is 0.0772. The SMILES string of the molecule is C=CCN1C(=O)C(C)(C)COc2ccc(NS(=O)(=O)c3cccc(Cl)c3)cc21. The second-order valence-corrected chi connectivity index (χ2v) is 9.24. The van der Waals surface area contributed by atoms with Crippen LogP contribution >= 0.6 is 11.6 Å². The summed E-state index contributed by atoms with van der Waals surface area (Å²) in [6.07, 6.45) is 1.62. The molecule has 0 radical (unpaired) electrons.